The van der Waals surface area contributed by atoms with E-state index in [1.807, 2.05) is 11.3 Å². The standard InChI is InChI=1S/C18H33NS/c1-6-9-10-16(8-3)13-17(19-11-7-2)18-12-14(4)15(5)20-18/h12,16-17,19H,6-11,13H2,1-5H3. The molecule has 1 aromatic heterocycles. The van der Waals surface area contributed by atoms with E-state index in [0.29, 0.717) is 6.04 Å². The van der Waals surface area contributed by atoms with E-state index in [1.54, 1.807) is 4.88 Å². The van der Waals surface area contributed by atoms with Gasteiger partial charge in [0.2, 0.25) is 0 Å². The third kappa shape index (κ3) is 5.57. The lowest BCUT2D eigenvalue weighted by molar-refractivity contribution is 0.356. The Bertz CT molecular complexity index is 350. The van der Waals surface area contributed by atoms with Crippen LogP contribution in [0.4, 0.5) is 0 Å². The van der Waals surface area contributed by atoms with E-state index in [9.17, 15) is 0 Å². The molecule has 20 heavy (non-hydrogen) atoms. The molecule has 116 valence electrons. The molecule has 0 fully saturated rings. The summed E-state index contributed by atoms with van der Waals surface area (Å²) in [6.45, 7) is 12.5. The Labute approximate surface area is 130 Å². The lowest BCUT2D eigenvalue weighted by Gasteiger charge is -2.23. The third-order valence-corrected chi connectivity index (χ3v) is 5.55. The summed E-state index contributed by atoms with van der Waals surface area (Å²) in [5.41, 5.74) is 1.45. The van der Waals surface area contributed by atoms with Crippen LogP contribution in [0.2, 0.25) is 0 Å². The first-order chi connectivity index (χ1) is 9.62. The van der Waals surface area contributed by atoms with E-state index >= 15 is 0 Å². The van der Waals surface area contributed by atoms with Crippen molar-refractivity contribution in [1.29, 1.82) is 0 Å². The van der Waals surface area contributed by atoms with Crippen molar-refractivity contribution < 1.29 is 0 Å². The lowest BCUT2D eigenvalue weighted by atomic mass is 9.91. The largest absolute Gasteiger partial charge is 0.309 e. The van der Waals surface area contributed by atoms with Gasteiger partial charge in [-0.3, -0.25) is 0 Å². The molecule has 0 radical (unpaired) electrons. The van der Waals surface area contributed by atoms with E-state index in [0.717, 1.165) is 12.5 Å². The van der Waals surface area contributed by atoms with E-state index in [1.165, 1.54) is 49.0 Å². The van der Waals surface area contributed by atoms with Crippen LogP contribution in [0.1, 0.15) is 80.7 Å². The summed E-state index contributed by atoms with van der Waals surface area (Å²) in [6.07, 6.45) is 7.91. The fourth-order valence-electron chi connectivity index (χ4n) is 2.71. The van der Waals surface area contributed by atoms with Crippen LogP contribution < -0.4 is 5.32 Å². The summed E-state index contributed by atoms with van der Waals surface area (Å²) in [5.74, 6) is 0.868. The van der Waals surface area contributed by atoms with E-state index in [4.69, 9.17) is 0 Å². The number of aryl methyl sites for hydroxylation is 2. The Balaban J connectivity index is 2.72. The number of unbranched alkanes of at least 4 members (excludes halogenated alkanes) is 1. The average molecular weight is 296 g/mol. The molecule has 1 rings (SSSR count). The highest BCUT2D eigenvalue weighted by atomic mass is 32.1. The topological polar surface area (TPSA) is 12.0 Å². The summed E-state index contributed by atoms with van der Waals surface area (Å²) in [5, 5.41) is 3.78. The Hall–Kier alpha value is -0.340. The molecular formula is C18H33NS. The molecular weight excluding hydrogens is 262 g/mol. The highest BCUT2D eigenvalue weighted by molar-refractivity contribution is 7.12. The second-order valence-electron chi connectivity index (χ2n) is 6.05. The maximum absolute atomic E-state index is 3.78. The fraction of sp³-hybridized carbons (Fsp3) is 0.778. The predicted molar refractivity (Wildman–Crippen MR) is 92.8 cm³/mol. The van der Waals surface area contributed by atoms with Gasteiger partial charge in [-0.15, -0.1) is 11.3 Å². The quantitative estimate of drug-likeness (QED) is 0.557. The Morgan fingerprint density at radius 2 is 1.90 bits per heavy atom. The van der Waals surface area contributed by atoms with Gasteiger partial charge >= 0.3 is 0 Å². The number of hydrogen-bond donors (Lipinski definition) is 1. The maximum Gasteiger partial charge on any atom is 0.0417 e. The Morgan fingerprint density at radius 3 is 2.40 bits per heavy atom. The maximum atomic E-state index is 3.78. The third-order valence-electron chi connectivity index (χ3n) is 4.28. The van der Waals surface area contributed by atoms with Crippen LogP contribution in [0.3, 0.4) is 0 Å². The van der Waals surface area contributed by atoms with Crippen LogP contribution in [-0.2, 0) is 0 Å². The summed E-state index contributed by atoms with van der Waals surface area (Å²) in [4.78, 5) is 3.02. The summed E-state index contributed by atoms with van der Waals surface area (Å²) < 4.78 is 0. The van der Waals surface area contributed by atoms with Crippen LogP contribution in [0, 0.1) is 19.8 Å². The first-order valence-corrected chi connectivity index (χ1v) is 9.24. The first kappa shape index (κ1) is 17.7. The molecule has 1 aromatic rings. The van der Waals surface area contributed by atoms with Crippen molar-refractivity contribution in [2.75, 3.05) is 6.54 Å². The number of rotatable bonds is 10. The molecule has 0 amide bonds. The van der Waals surface area contributed by atoms with Crippen LogP contribution in [0.15, 0.2) is 6.07 Å². The van der Waals surface area contributed by atoms with E-state index < -0.39 is 0 Å². The van der Waals surface area contributed by atoms with Crippen molar-refractivity contribution in [2.45, 2.75) is 79.2 Å². The van der Waals surface area contributed by atoms with Gasteiger partial charge in [-0.1, -0.05) is 46.5 Å². The normalized spacial score (nSPS) is 14.4. The van der Waals surface area contributed by atoms with Gasteiger partial charge in [0.25, 0.3) is 0 Å². The highest BCUT2D eigenvalue weighted by Gasteiger charge is 2.18. The molecule has 1 nitrogen and oxygen atoms in total. The van der Waals surface area contributed by atoms with Crippen molar-refractivity contribution in [1.82, 2.24) is 5.32 Å². The minimum absolute atomic E-state index is 0.564. The van der Waals surface area contributed by atoms with Crippen LogP contribution >= 0.6 is 11.3 Å². The van der Waals surface area contributed by atoms with Gasteiger partial charge in [0.05, 0.1) is 0 Å². The van der Waals surface area contributed by atoms with Crippen molar-refractivity contribution in [3.8, 4) is 0 Å². The van der Waals surface area contributed by atoms with Crippen LogP contribution in [-0.4, -0.2) is 6.54 Å². The van der Waals surface area contributed by atoms with Gasteiger partial charge in [0, 0.05) is 15.8 Å². The molecule has 0 spiro atoms. The molecule has 2 unspecified atom stereocenters. The highest BCUT2D eigenvalue weighted by Crippen LogP contribution is 2.32. The predicted octanol–water partition coefficient (Wildman–Crippen LogP) is 6.01. The van der Waals surface area contributed by atoms with Crippen molar-refractivity contribution in [3.63, 3.8) is 0 Å². The number of nitrogens with one attached hydrogen (secondary N) is 1. The smallest absolute Gasteiger partial charge is 0.0417 e. The van der Waals surface area contributed by atoms with Crippen LogP contribution in [0.5, 0.6) is 0 Å². The van der Waals surface area contributed by atoms with Crippen LogP contribution in [0.25, 0.3) is 0 Å². The summed E-state index contributed by atoms with van der Waals surface area (Å²) >= 11 is 1.99. The molecule has 2 heteroatoms. The molecule has 0 aliphatic carbocycles. The molecule has 1 heterocycles. The molecule has 0 aliphatic heterocycles. The fourth-order valence-corrected chi connectivity index (χ4v) is 3.84. The molecule has 1 N–H and O–H groups in total. The number of hydrogen-bond acceptors (Lipinski definition) is 2. The monoisotopic (exact) mass is 295 g/mol. The SMILES string of the molecule is CCCCC(CC)CC(NCCC)c1cc(C)c(C)s1. The minimum atomic E-state index is 0.564. The molecule has 2 atom stereocenters. The molecule has 0 bridgehead atoms. The van der Waals surface area contributed by atoms with E-state index in [-0.39, 0.29) is 0 Å². The van der Waals surface area contributed by atoms with Gasteiger partial charge < -0.3 is 5.32 Å². The zero-order chi connectivity index (χ0) is 15.0. The molecule has 0 saturated carbocycles. The minimum Gasteiger partial charge on any atom is -0.309 e. The second kappa shape index (κ2) is 9.57. The van der Waals surface area contributed by atoms with Gasteiger partial charge in [-0.05, 0) is 50.8 Å². The molecule has 0 aromatic carbocycles. The second-order valence-corrected chi connectivity index (χ2v) is 7.33. The van der Waals surface area contributed by atoms with Gasteiger partial charge in [-0.2, -0.15) is 0 Å². The zero-order valence-corrected chi connectivity index (χ0v) is 14.9. The Morgan fingerprint density at radius 1 is 1.15 bits per heavy atom. The average Bonchev–Trinajstić information content (AvgIpc) is 2.78. The van der Waals surface area contributed by atoms with Crippen molar-refractivity contribution in [3.05, 3.63) is 21.4 Å². The van der Waals surface area contributed by atoms with Gasteiger partial charge in [-0.25, -0.2) is 0 Å². The van der Waals surface area contributed by atoms with Gasteiger partial charge in [0.15, 0.2) is 0 Å². The first-order valence-electron chi connectivity index (χ1n) is 8.42. The molecule has 0 saturated heterocycles. The Kier molecular flexibility index (Phi) is 8.47. The summed E-state index contributed by atoms with van der Waals surface area (Å²) in [7, 11) is 0. The van der Waals surface area contributed by atoms with Crippen molar-refractivity contribution >= 4 is 11.3 Å². The lowest BCUT2D eigenvalue weighted by Crippen LogP contribution is -2.23. The number of thiophene rings is 1. The molecule has 0 aliphatic rings. The van der Waals surface area contributed by atoms with Gasteiger partial charge in [0.1, 0.15) is 0 Å². The zero-order valence-electron chi connectivity index (χ0n) is 14.1. The van der Waals surface area contributed by atoms with E-state index in [2.05, 4.69) is 46.0 Å². The van der Waals surface area contributed by atoms with Crippen molar-refractivity contribution in [2.24, 2.45) is 5.92 Å². The summed E-state index contributed by atoms with van der Waals surface area (Å²) in [6, 6.07) is 2.97.